The van der Waals surface area contributed by atoms with E-state index in [1.54, 1.807) is 5.56 Å². The van der Waals surface area contributed by atoms with Crippen LogP contribution in [0.3, 0.4) is 0 Å². The Balaban J connectivity index is 1.45. The first-order valence-corrected chi connectivity index (χ1v) is 12.4. The van der Waals surface area contributed by atoms with Gasteiger partial charge in [-0.2, -0.15) is 0 Å². The molecule has 0 spiro atoms. The Bertz CT molecular complexity index is 629. The van der Waals surface area contributed by atoms with Gasteiger partial charge in [-0.15, -0.1) is 0 Å². The minimum absolute atomic E-state index is 0.0624. The van der Waals surface area contributed by atoms with Crippen LogP contribution in [-0.4, -0.2) is 22.7 Å². The van der Waals surface area contributed by atoms with E-state index < -0.39 is 0 Å². The molecule has 2 aliphatic rings. The topological polar surface area (TPSA) is 35.2 Å². The summed E-state index contributed by atoms with van der Waals surface area (Å²) in [6.07, 6.45) is 16.8. The first kappa shape index (κ1) is 21.3. The molecule has 0 radical (unpaired) electrons. The van der Waals surface area contributed by atoms with Crippen LogP contribution in [0.25, 0.3) is 0 Å². The Morgan fingerprint density at radius 2 is 2.11 bits per heavy atom. The van der Waals surface area contributed by atoms with Gasteiger partial charge >= 0.3 is 0 Å². The molecule has 0 amide bonds. The van der Waals surface area contributed by atoms with Crippen molar-refractivity contribution in [1.29, 1.82) is 0 Å². The van der Waals surface area contributed by atoms with Gasteiger partial charge in [0.25, 0.3) is 0 Å². The van der Waals surface area contributed by atoms with E-state index in [0.717, 1.165) is 23.9 Å². The summed E-state index contributed by atoms with van der Waals surface area (Å²) in [5, 5.41) is 0. The quantitative estimate of drug-likeness (QED) is 0.200. The molecule has 0 aromatic heterocycles. The van der Waals surface area contributed by atoms with Crippen molar-refractivity contribution < 1.29 is 4.74 Å². The number of halogens is 1. The lowest BCUT2D eigenvalue weighted by Gasteiger charge is -2.26. The maximum absolute atomic E-state index is 6.51. The average molecular weight is 481 g/mol. The average Bonchev–Trinajstić information content (AvgIpc) is 3.10. The van der Waals surface area contributed by atoms with Crippen molar-refractivity contribution in [3.63, 3.8) is 0 Å². The molecule has 0 bridgehead atoms. The second kappa shape index (κ2) is 10.4. The van der Waals surface area contributed by atoms with E-state index >= 15 is 0 Å². The van der Waals surface area contributed by atoms with Crippen LogP contribution in [0.2, 0.25) is 0 Å². The van der Waals surface area contributed by atoms with Crippen LogP contribution in [0.1, 0.15) is 80.9 Å². The second-order valence-corrected chi connectivity index (χ2v) is 9.38. The number of unbranched alkanes of at least 4 members (excludes halogenated alkanes) is 3. The van der Waals surface area contributed by atoms with Crippen LogP contribution < -0.4 is 5.73 Å². The molecule has 0 aliphatic heterocycles. The molecule has 2 aliphatic carbocycles. The maximum Gasteiger partial charge on any atom is 0.0618 e. The Kier molecular flexibility index (Phi) is 8.22. The van der Waals surface area contributed by atoms with E-state index in [1.807, 2.05) is 0 Å². The number of hydrogen-bond donors (Lipinski definition) is 1. The lowest BCUT2D eigenvalue weighted by Crippen LogP contribution is -2.38. The number of benzene rings is 1. The number of ether oxygens (including phenoxy) is 1. The summed E-state index contributed by atoms with van der Waals surface area (Å²) in [6, 6.07) is 7.22. The number of hydrogen-bond acceptors (Lipinski definition) is 2. The predicted molar refractivity (Wildman–Crippen MR) is 124 cm³/mol. The van der Waals surface area contributed by atoms with Gasteiger partial charge in [0.15, 0.2) is 0 Å². The molecule has 2 nitrogen and oxygen atoms in total. The summed E-state index contributed by atoms with van der Waals surface area (Å²) in [5.74, 6) is 0.659. The third-order valence-electron chi connectivity index (χ3n) is 6.40. The van der Waals surface area contributed by atoms with Gasteiger partial charge < -0.3 is 10.5 Å². The normalized spacial score (nSPS) is 28.0. The molecule has 0 saturated heterocycles. The maximum atomic E-state index is 6.51. The number of rotatable bonds is 9. The van der Waals surface area contributed by atoms with Gasteiger partial charge in [-0.1, -0.05) is 59.4 Å². The Hall–Kier alpha value is -0.390. The Morgan fingerprint density at radius 3 is 2.89 bits per heavy atom. The highest BCUT2D eigenvalue weighted by molar-refractivity contribution is 14.1. The van der Waals surface area contributed by atoms with E-state index in [-0.39, 0.29) is 5.54 Å². The van der Waals surface area contributed by atoms with Gasteiger partial charge in [-0.25, -0.2) is 0 Å². The zero-order chi connectivity index (χ0) is 19.1. The first-order chi connectivity index (χ1) is 13.1. The highest BCUT2D eigenvalue weighted by atomic mass is 127. The number of alkyl halides is 1. The van der Waals surface area contributed by atoms with Crippen molar-refractivity contribution in [2.75, 3.05) is 11.0 Å². The van der Waals surface area contributed by atoms with Crippen molar-refractivity contribution in [2.24, 2.45) is 5.73 Å². The van der Waals surface area contributed by atoms with E-state index in [0.29, 0.717) is 12.0 Å². The largest absolute Gasteiger partial charge is 0.378 e. The highest BCUT2D eigenvalue weighted by Gasteiger charge is 2.35. The molecule has 27 heavy (non-hydrogen) atoms. The zero-order valence-corrected chi connectivity index (χ0v) is 19.0. The number of aryl methyl sites for hydroxylation is 1. The lowest BCUT2D eigenvalue weighted by molar-refractivity contribution is 0.0418. The van der Waals surface area contributed by atoms with Crippen LogP contribution >= 0.6 is 22.6 Å². The second-order valence-electron chi connectivity index (χ2n) is 8.62. The zero-order valence-electron chi connectivity index (χ0n) is 16.9. The van der Waals surface area contributed by atoms with Crippen LogP contribution in [0.5, 0.6) is 0 Å². The van der Waals surface area contributed by atoms with Crippen molar-refractivity contribution in [3.05, 3.63) is 47.0 Å². The molecular formula is C24H36INO. The fourth-order valence-electron chi connectivity index (χ4n) is 4.66. The lowest BCUT2D eigenvalue weighted by atomic mass is 9.85. The smallest absolute Gasteiger partial charge is 0.0618 e. The third-order valence-corrected chi connectivity index (χ3v) is 7.92. The Morgan fingerprint density at radius 1 is 1.22 bits per heavy atom. The number of nitrogens with two attached hydrogens (primary N) is 1. The minimum Gasteiger partial charge on any atom is -0.378 e. The van der Waals surface area contributed by atoms with Crippen molar-refractivity contribution in [1.82, 2.24) is 0 Å². The van der Waals surface area contributed by atoms with Gasteiger partial charge in [0.2, 0.25) is 0 Å². The molecule has 1 saturated carbocycles. The van der Waals surface area contributed by atoms with Crippen LogP contribution in [0, 0.1) is 0 Å². The minimum atomic E-state index is 0.0624. The van der Waals surface area contributed by atoms with E-state index in [1.165, 1.54) is 62.5 Å². The van der Waals surface area contributed by atoms with E-state index in [9.17, 15) is 0 Å². The molecule has 3 atom stereocenters. The van der Waals surface area contributed by atoms with Crippen LogP contribution in [0.15, 0.2) is 30.4 Å². The van der Waals surface area contributed by atoms with Gasteiger partial charge in [-0.3, -0.25) is 0 Å². The van der Waals surface area contributed by atoms with Crippen molar-refractivity contribution in [2.45, 2.75) is 88.7 Å². The van der Waals surface area contributed by atoms with Gasteiger partial charge in [0.05, 0.1) is 6.10 Å². The SMILES string of the molecule is C/C=C/CCCCCO[C@@H]1CCc2cc([C@H]3CC[C@](N)(CI)C3)ccc2C1. The van der Waals surface area contributed by atoms with Crippen LogP contribution in [0.4, 0.5) is 0 Å². The molecule has 1 aromatic carbocycles. The third kappa shape index (κ3) is 6.04. The predicted octanol–water partition coefficient (Wildman–Crippen LogP) is 6.10. The fourth-order valence-corrected chi connectivity index (χ4v) is 5.35. The summed E-state index contributed by atoms with van der Waals surface area (Å²) >= 11 is 2.45. The monoisotopic (exact) mass is 481 g/mol. The van der Waals surface area contributed by atoms with Gasteiger partial charge in [-0.05, 0) is 87.3 Å². The van der Waals surface area contributed by atoms with E-state index in [4.69, 9.17) is 10.5 Å². The molecule has 1 aromatic rings. The van der Waals surface area contributed by atoms with E-state index in [2.05, 4.69) is 59.9 Å². The summed E-state index contributed by atoms with van der Waals surface area (Å²) in [4.78, 5) is 0. The highest BCUT2D eigenvalue weighted by Crippen LogP contribution is 2.41. The molecule has 3 rings (SSSR count). The number of allylic oxidation sites excluding steroid dienone is 2. The number of fused-ring (bicyclic) bond motifs is 1. The molecule has 150 valence electrons. The van der Waals surface area contributed by atoms with Crippen LogP contribution in [-0.2, 0) is 17.6 Å². The molecule has 3 heteroatoms. The van der Waals surface area contributed by atoms with Gasteiger partial charge in [0, 0.05) is 16.6 Å². The molecule has 0 unspecified atom stereocenters. The Labute approximate surface area is 179 Å². The molecular weight excluding hydrogens is 445 g/mol. The summed E-state index contributed by atoms with van der Waals surface area (Å²) in [5.41, 5.74) is 11.2. The standard InChI is InChI=1S/C24H36INO/c1-2-3-4-5-6-7-14-27-23-11-10-19-15-20(8-9-21(19)16-23)22-12-13-24(26,17-22)18-25/h2-3,8-9,15,22-23H,4-7,10-14,16-18,26H2,1H3/b3-2+/t22-,23+,24+/m0/s1. The van der Waals surface area contributed by atoms with Crippen molar-refractivity contribution in [3.8, 4) is 0 Å². The fraction of sp³-hybridized carbons (Fsp3) is 0.667. The first-order valence-electron chi connectivity index (χ1n) is 10.8. The summed E-state index contributed by atoms with van der Waals surface area (Å²) < 4.78 is 7.25. The summed E-state index contributed by atoms with van der Waals surface area (Å²) in [6.45, 7) is 3.02. The molecule has 2 N–H and O–H groups in total. The molecule has 1 fully saturated rings. The van der Waals surface area contributed by atoms with Gasteiger partial charge in [0.1, 0.15) is 0 Å². The summed E-state index contributed by atoms with van der Waals surface area (Å²) in [7, 11) is 0. The van der Waals surface area contributed by atoms with Crippen molar-refractivity contribution >= 4 is 22.6 Å². The molecule has 0 heterocycles.